The molecule has 0 rings (SSSR count). The summed E-state index contributed by atoms with van der Waals surface area (Å²) >= 11 is 5.46. The molecule has 0 bridgehead atoms. The molecular formula is C10H22ClN7O. The molecule has 19 heavy (non-hydrogen) atoms. The molecule has 0 aromatic carbocycles. The molecule has 0 aliphatic heterocycles. The fourth-order valence-electron chi connectivity index (χ4n) is 1.13. The van der Waals surface area contributed by atoms with Gasteiger partial charge in [-0.3, -0.25) is 10.2 Å². The highest BCUT2D eigenvalue weighted by Gasteiger charge is 2.18. The third-order valence-corrected chi connectivity index (χ3v) is 2.52. The summed E-state index contributed by atoms with van der Waals surface area (Å²) in [7, 11) is 0. The van der Waals surface area contributed by atoms with Crippen LogP contribution >= 0.6 is 11.6 Å². The van der Waals surface area contributed by atoms with Gasteiger partial charge in [-0.2, -0.15) is 0 Å². The van der Waals surface area contributed by atoms with Crippen LogP contribution in [0.5, 0.6) is 0 Å². The van der Waals surface area contributed by atoms with Crippen molar-refractivity contribution in [3.63, 3.8) is 0 Å². The third kappa shape index (κ3) is 7.06. The maximum atomic E-state index is 11.8. The van der Waals surface area contributed by atoms with E-state index in [0.717, 1.165) is 0 Å². The Morgan fingerprint density at radius 3 is 2.53 bits per heavy atom. The monoisotopic (exact) mass is 291 g/mol. The van der Waals surface area contributed by atoms with E-state index in [4.69, 9.17) is 34.2 Å². The predicted octanol–water partition coefficient (Wildman–Crippen LogP) is -1.51. The lowest BCUT2D eigenvalue weighted by atomic mass is 10.1. The van der Waals surface area contributed by atoms with Crippen molar-refractivity contribution < 1.29 is 4.79 Å². The van der Waals surface area contributed by atoms with E-state index in [0.29, 0.717) is 6.54 Å². The number of hydrogen-bond donors (Lipinski definition) is 6. The quantitative estimate of drug-likeness (QED) is 0.111. The van der Waals surface area contributed by atoms with Crippen LogP contribution in [0.15, 0.2) is 4.99 Å². The van der Waals surface area contributed by atoms with Crippen molar-refractivity contribution in [2.75, 3.05) is 13.1 Å². The molecule has 9 heteroatoms. The summed E-state index contributed by atoms with van der Waals surface area (Å²) in [4.78, 5) is 15.4. The number of halogens is 1. The van der Waals surface area contributed by atoms with Gasteiger partial charge in [-0.05, 0) is 13.5 Å². The first kappa shape index (κ1) is 17.8. The lowest BCUT2D eigenvalue weighted by Crippen LogP contribution is -2.49. The zero-order valence-electron chi connectivity index (χ0n) is 11.1. The molecule has 3 atom stereocenters. The minimum Gasteiger partial charge on any atom is -0.386 e. The molecule has 0 radical (unpaired) electrons. The maximum Gasteiger partial charge on any atom is 0.230 e. The van der Waals surface area contributed by atoms with Crippen LogP contribution in [0.4, 0.5) is 0 Å². The van der Waals surface area contributed by atoms with Gasteiger partial charge in [-0.25, -0.2) is 4.99 Å². The van der Waals surface area contributed by atoms with Gasteiger partial charge in [0.2, 0.25) is 5.91 Å². The van der Waals surface area contributed by atoms with Crippen LogP contribution in [0.2, 0.25) is 0 Å². The van der Waals surface area contributed by atoms with Crippen LogP contribution in [-0.4, -0.2) is 42.3 Å². The fourth-order valence-corrected chi connectivity index (χ4v) is 1.18. The average Bonchev–Trinajstić information content (AvgIpc) is 2.34. The number of alkyl halides is 1. The number of nitrogens with zero attached hydrogens (tertiary/aromatic N) is 1. The van der Waals surface area contributed by atoms with Crippen molar-refractivity contribution in [2.24, 2.45) is 28.1 Å². The molecule has 0 aliphatic rings. The number of likely N-dealkylation sites (N-methyl/N-ethyl adjacent to an activating group) is 1. The third-order valence-electron chi connectivity index (χ3n) is 2.31. The fraction of sp³-hybridized carbons (Fsp3) is 0.700. The van der Waals surface area contributed by atoms with Gasteiger partial charge in [-0.1, -0.05) is 18.5 Å². The lowest BCUT2D eigenvalue weighted by molar-refractivity contribution is -0.122. The number of nitrogens with one attached hydrogen (secondary N) is 3. The largest absolute Gasteiger partial charge is 0.386 e. The van der Waals surface area contributed by atoms with Crippen molar-refractivity contribution in [3.05, 3.63) is 0 Å². The topological polar surface area (TPSA) is 155 Å². The summed E-state index contributed by atoms with van der Waals surface area (Å²) in [6.07, 6.45) is -0.325. The summed E-state index contributed by atoms with van der Waals surface area (Å²) in [6, 6.07) is 0. The van der Waals surface area contributed by atoms with Gasteiger partial charge in [0.25, 0.3) is 0 Å². The maximum absolute atomic E-state index is 11.8. The number of rotatable bonds is 7. The molecule has 0 aliphatic carbocycles. The number of aliphatic imine (C=N–C) groups is 1. The van der Waals surface area contributed by atoms with Gasteiger partial charge < -0.3 is 27.8 Å². The van der Waals surface area contributed by atoms with Gasteiger partial charge >= 0.3 is 0 Å². The van der Waals surface area contributed by atoms with E-state index in [1.165, 1.54) is 0 Å². The molecule has 0 aromatic rings. The van der Waals surface area contributed by atoms with Gasteiger partial charge in [0.1, 0.15) is 11.3 Å². The number of carbonyl (C=O) groups excluding carboxylic acids is 1. The normalized spacial score (nSPS) is 16.6. The van der Waals surface area contributed by atoms with E-state index in [1.54, 1.807) is 6.92 Å². The molecule has 110 valence electrons. The summed E-state index contributed by atoms with van der Waals surface area (Å²) in [5.41, 5.74) is 15.5. The van der Waals surface area contributed by atoms with E-state index in [2.05, 4.69) is 15.6 Å². The standard InChI is InChI=1S/C10H22ClN7O/c1-3-16-6(12)4-17-10(19)5(2)8(14)18-9(15)7(11)13/h5-7,16H,3-4,12-13H2,1-2H3,(H,17,19)(H3,14,15,18). The number of nitrogens with two attached hydrogens (primary N) is 3. The first-order chi connectivity index (χ1) is 8.79. The second kappa shape index (κ2) is 8.81. The first-order valence-corrected chi connectivity index (χ1v) is 6.32. The summed E-state index contributed by atoms with van der Waals surface area (Å²) < 4.78 is 0. The average molecular weight is 292 g/mol. The Kier molecular flexibility index (Phi) is 8.24. The van der Waals surface area contributed by atoms with Crippen molar-refractivity contribution in [2.45, 2.75) is 25.5 Å². The SMILES string of the molecule is CCNC(N)CNC(=O)C(C)C(N)=NC(=N)C(N)Cl. The Bertz CT molecular complexity index is 345. The van der Waals surface area contributed by atoms with Gasteiger partial charge in [-0.15, -0.1) is 0 Å². The van der Waals surface area contributed by atoms with Crippen LogP contribution in [0.1, 0.15) is 13.8 Å². The minimum absolute atomic E-state index is 0.0179. The summed E-state index contributed by atoms with van der Waals surface area (Å²) in [5, 5.41) is 12.9. The second-order valence-corrected chi connectivity index (χ2v) is 4.42. The zero-order chi connectivity index (χ0) is 15.0. The molecule has 0 saturated heterocycles. The van der Waals surface area contributed by atoms with E-state index >= 15 is 0 Å². The van der Waals surface area contributed by atoms with Crippen molar-refractivity contribution in [3.8, 4) is 0 Å². The zero-order valence-corrected chi connectivity index (χ0v) is 11.9. The minimum atomic E-state index is -1.05. The Hall–Kier alpha value is -1.22. The van der Waals surface area contributed by atoms with Crippen LogP contribution in [-0.2, 0) is 4.79 Å². The van der Waals surface area contributed by atoms with Gasteiger partial charge in [0.15, 0.2) is 5.84 Å². The number of carbonyl (C=O) groups is 1. The van der Waals surface area contributed by atoms with Crippen LogP contribution in [0, 0.1) is 11.3 Å². The summed E-state index contributed by atoms with van der Waals surface area (Å²) in [6.45, 7) is 4.47. The van der Waals surface area contributed by atoms with Crippen molar-refractivity contribution in [1.29, 1.82) is 5.41 Å². The van der Waals surface area contributed by atoms with E-state index in [1.807, 2.05) is 6.92 Å². The number of amides is 1. The molecule has 0 heterocycles. The molecule has 0 aromatic heterocycles. The predicted molar refractivity (Wildman–Crippen MR) is 77.0 cm³/mol. The highest BCUT2D eigenvalue weighted by Crippen LogP contribution is 1.98. The molecule has 0 fully saturated rings. The van der Waals surface area contributed by atoms with Crippen LogP contribution in [0.3, 0.4) is 0 Å². The van der Waals surface area contributed by atoms with E-state index < -0.39 is 11.4 Å². The van der Waals surface area contributed by atoms with Gasteiger partial charge in [0.05, 0.1) is 12.1 Å². The second-order valence-electron chi connectivity index (χ2n) is 3.95. The van der Waals surface area contributed by atoms with Crippen molar-refractivity contribution >= 4 is 29.2 Å². The Balaban J connectivity index is 4.36. The van der Waals surface area contributed by atoms with E-state index in [9.17, 15) is 4.79 Å². The van der Waals surface area contributed by atoms with Crippen LogP contribution < -0.4 is 27.8 Å². The van der Waals surface area contributed by atoms with Crippen molar-refractivity contribution in [1.82, 2.24) is 10.6 Å². The first-order valence-electron chi connectivity index (χ1n) is 5.88. The summed E-state index contributed by atoms with van der Waals surface area (Å²) in [5.74, 6) is -1.33. The smallest absolute Gasteiger partial charge is 0.230 e. The van der Waals surface area contributed by atoms with E-state index in [-0.39, 0.29) is 30.3 Å². The lowest BCUT2D eigenvalue weighted by Gasteiger charge is -2.16. The molecule has 8 nitrogen and oxygen atoms in total. The highest BCUT2D eigenvalue weighted by atomic mass is 35.5. The Labute approximate surface area is 117 Å². The Morgan fingerprint density at radius 1 is 1.47 bits per heavy atom. The molecule has 3 unspecified atom stereocenters. The molecule has 0 spiro atoms. The number of amidine groups is 2. The molecule has 0 saturated carbocycles. The molecular weight excluding hydrogens is 270 g/mol. The number of hydrogen-bond acceptors (Lipinski definition) is 5. The highest BCUT2D eigenvalue weighted by molar-refractivity contribution is 6.31. The molecule has 9 N–H and O–H groups in total. The van der Waals surface area contributed by atoms with Crippen LogP contribution in [0.25, 0.3) is 0 Å². The Morgan fingerprint density at radius 2 is 2.05 bits per heavy atom. The molecule has 1 amide bonds. The van der Waals surface area contributed by atoms with Gasteiger partial charge in [0, 0.05) is 6.54 Å².